The maximum atomic E-state index is 5.86. The van der Waals surface area contributed by atoms with Crippen molar-refractivity contribution >= 4 is 44.6 Å². The Kier molecular flexibility index (Phi) is 3.84. The number of anilines is 1. The molecule has 5 heteroatoms. The highest BCUT2D eigenvalue weighted by atomic mass is 79.9. The van der Waals surface area contributed by atoms with Crippen molar-refractivity contribution in [1.29, 1.82) is 0 Å². The van der Waals surface area contributed by atoms with Gasteiger partial charge in [-0.05, 0) is 46.6 Å². The van der Waals surface area contributed by atoms with Gasteiger partial charge < -0.3 is 5.32 Å². The largest absolute Gasteiger partial charge is 0.379 e. The van der Waals surface area contributed by atoms with E-state index in [1.165, 1.54) is 4.88 Å². The molecule has 0 fully saturated rings. The molecule has 2 heterocycles. The molecule has 0 saturated heterocycles. The second-order valence-corrected chi connectivity index (χ2v) is 6.30. The predicted molar refractivity (Wildman–Crippen MR) is 73.3 cm³/mol. The van der Waals surface area contributed by atoms with E-state index in [1.54, 1.807) is 17.5 Å². The Balaban J connectivity index is 2.02. The quantitative estimate of drug-likeness (QED) is 0.844. The van der Waals surface area contributed by atoms with E-state index in [9.17, 15) is 0 Å². The van der Waals surface area contributed by atoms with Crippen LogP contribution < -0.4 is 5.32 Å². The van der Waals surface area contributed by atoms with Crippen LogP contribution in [0.2, 0.25) is 5.15 Å². The summed E-state index contributed by atoms with van der Waals surface area (Å²) in [6.45, 7) is 2.75. The highest BCUT2D eigenvalue weighted by molar-refractivity contribution is 9.11. The zero-order valence-corrected chi connectivity index (χ0v) is 11.8. The molecular formula is C11H10BrClN2S. The van der Waals surface area contributed by atoms with E-state index in [4.69, 9.17) is 11.6 Å². The SMILES string of the molecule is Cc1cc(NCc2ccc(Br)s2)cnc1Cl. The van der Waals surface area contributed by atoms with Crippen molar-refractivity contribution in [3.05, 3.63) is 43.8 Å². The average Bonchev–Trinajstić information content (AvgIpc) is 2.66. The highest BCUT2D eigenvalue weighted by Crippen LogP contribution is 2.23. The zero-order valence-electron chi connectivity index (χ0n) is 8.63. The van der Waals surface area contributed by atoms with Crippen molar-refractivity contribution in [3.8, 4) is 0 Å². The molecule has 0 saturated carbocycles. The Bertz CT molecular complexity index is 498. The van der Waals surface area contributed by atoms with E-state index >= 15 is 0 Å². The summed E-state index contributed by atoms with van der Waals surface area (Å²) in [4.78, 5) is 5.37. The third-order valence-electron chi connectivity index (χ3n) is 2.11. The first-order valence-corrected chi connectivity index (χ1v) is 6.74. The van der Waals surface area contributed by atoms with Gasteiger partial charge >= 0.3 is 0 Å². The summed E-state index contributed by atoms with van der Waals surface area (Å²) in [6.07, 6.45) is 1.75. The van der Waals surface area contributed by atoms with Crippen LogP contribution in [0.5, 0.6) is 0 Å². The predicted octanol–water partition coefficient (Wildman–Crippen LogP) is 4.48. The minimum atomic E-state index is 0.560. The minimum absolute atomic E-state index is 0.560. The summed E-state index contributed by atoms with van der Waals surface area (Å²) >= 11 is 11.0. The van der Waals surface area contributed by atoms with Crippen LogP contribution in [0.4, 0.5) is 5.69 Å². The van der Waals surface area contributed by atoms with Crippen molar-refractivity contribution in [1.82, 2.24) is 4.98 Å². The van der Waals surface area contributed by atoms with Crippen molar-refractivity contribution in [2.45, 2.75) is 13.5 Å². The lowest BCUT2D eigenvalue weighted by Crippen LogP contribution is -1.98. The van der Waals surface area contributed by atoms with Crippen LogP contribution in [0.1, 0.15) is 10.4 Å². The Morgan fingerprint density at radius 2 is 2.31 bits per heavy atom. The Labute approximate surface area is 112 Å². The summed E-state index contributed by atoms with van der Waals surface area (Å²) in [5.74, 6) is 0. The fourth-order valence-electron chi connectivity index (χ4n) is 1.29. The van der Waals surface area contributed by atoms with Crippen LogP contribution in [0.15, 0.2) is 28.2 Å². The fourth-order valence-corrected chi connectivity index (χ4v) is 2.82. The van der Waals surface area contributed by atoms with Gasteiger partial charge in [0.2, 0.25) is 0 Å². The van der Waals surface area contributed by atoms with Gasteiger partial charge in [-0.2, -0.15) is 0 Å². The van der Waals surface area contributed by atoms with Gasteiger partial charge in [0.15, 0.2) is 0 Å². The molecule has 2 aromatic rings. The molecule has 1 N–H and O–H groups in total. The lowest BCUT2D eigenvalue weighted by molar-refractivity contribution is 1.16. The Morgan fingerprint density at radius 3 is 2.94 bits per heavy atom. The summed E-state index contributed by atoms with van der Waals surface area (Å²) in [5.41, 5.74) is 1.98. The van der Waals surface area contributed by atoms with Crippen molar-refractivity contribution in [3.63, 3.8) is 0 Å². The van der Waals surface area contributed by atoms with E-state index < -0.39 is 0 Å². The van der Waals surface area contributed by atoms with Gasteiger partial charge in [-0.15, -0.1) is 11.3 Å². The second kappa shape index (κ2) is 5.17. The monoisotopic (exact) mass is 316 g/mol. The third-order valence-corrected chi connectivity index (χ3v) is 4.13. The second-order valence-electron chi connectivity index (χ2n) is 3.39. The Morgan fingerprint density at radius 1 is 1.50 bits per heavy atom. The van der Waals surface area contributed by atoms with Crippen LogP contribution in [0.25, 0.3) is 0 Å². The molecule has 0 radical (unpaired) electrons. The topological polar surface area (TPSA) is 24.9 Å². The van der Waals surface area contributed by atoms with Crippen molar-refractivity contribution < 1.29 is 0 Å². The smallest absolute Gasteiger partial charge is 0.132 e. The molecule has 2 nitrogen and oxygen atoms in total. The summed E-state index contributed by atoms with van der Waals surface area (Å²) < 4.78 is 1.15. The minimum Gasteiger partial charge on any atom is -0.379 e. The van der Waals surface area contributed by atoms with Gasteiger partial charge in [-0.1, -0.05) is 11.6 Å². The number of hydrogen-bond acceptors (Lipinski definition) is 3. The number of nitrogens with one attached hydrogen (secondary N) is 1. The fraction of sp³-hybridized carbons (Fsp3) is 0.182. The summed E-state index contributed by atoms with van der Waals surface area (Å²) in [5, 5.41) is 3.87. The van der Waals surface area contributed by atoms with Gasteiger partial charge in [-0.25, -0.2) is 4.98 Å². The van der Waals surface area contributed by atoms with Gasteiger partial charge in [0.25, 0.3) is 0 Å². The number of rotatable bonds is 3. The van der Waals surface area contributed by atoms with Gasteiger partial charge in [-0.3, -0.25) is 0 Å². The molecule has 16 heavy (non-hydrogen) atoms. The summed E-state index contributed by atoms with van der Waals surface area (Å²) in [6, 6.07) is 6.14. The first-order valence-electron chi connectivity index (χ1n) is 4.75. The molecule has 0 aliphatic rings. The lowest BCUT2D eigenvalue weighted by atomic mass is 10.3. The van der Waals surface area contributed by atoms with Crippen molar-refractivity contribution in [2.24, 2.45) is 0 Å². The molecule has 0 aromatic carbocycles. The van der Waals surface area contributed by atoms with Gasteiger partial charge in [0, 0.05) is 11.4 Å². The Hall–Kier alpha value is -0.580. The van der Waals surface area contributed by atoms with Crippen LogP contribution in [0.3, 0.4) is 0 Å². The molecule has 0 atom stereocenters. The number of nitrogens with zero attached hydrogens (tertiary/aromatic N) is 1. The van der Waals surface area contributed by atoms with E-state index in [0.717, 1.165) is 21.6 Å². The van der Waals surface area contributed by atoms with Crippen molar-refractivity contribution in [2.75, 3.05) is 5.32 Å². The molecule has 2 rings (SSSR count). The number of aryl methyl sites for hydroxylation is 1. The maximum Gasteiger partial charge on any atom is 0.132 e. The molecule has 0 aliphatic heterocycles. The van der Waals surface area contributed by atoms with E-state index in [-0.39, 0.29) is 0 Å². The normalized spacial score (nSPS) is 10.4. The maximum absolute atomic E-state index is 5.86. The summed E-state index contributed by atoms with van der Waals surface area (Å²) in [7, 11) is 0. The molecule has 0 unspecified atom stereocenters. The number of pyridine rings is 1. The van der Waals surface area contributed by atoms with E-state index in [1.807, 2.05) is 19.1 Å². The third kappa shape index (κ3) is 2.97. The van der Waals surface area contributed by atoms with Crippen LogP contribution >= 0.6 is 38.9 Å². The number of halogens is 2. The first-order chi connectivity index (χ1) is 7.65. The lowest BCUT2D eigenvalue weighted by Gasteiger charge is -2.05. The van der Waals surface area contributed by atoms with Crippen LogP contribution in [0, 0.1) is 6.92 Å². The van der Waals surface area contributed by atoms with E-state index in [0.29, 0.717) is 5.15 Å². The highest BCUT2D eigenvalue weighted by Gasteiger charge is 2.00. The molecule has 0 amide bonds. The van der Waals surface area contributed by atoms with Gasteiger partial charge in [0.1, 0.15) is 5.15 Å². The average molecular weight is 318 g/mol. The number of hydrogen-bond donors (Lipinski definition) is 1. The van der Waals surface area contributed by atoms with E-state index in [2.05, 4.69) is 32.3 Å². The number of thiophene rings is 1. The molecule has 84 valence electrons. The molecule has 0 aliphatic carbocycles. The molecular weight excluding hydrogens is 308 g/mol. The van der Waals surface area contributed by atoms with Crippen LogP contribution in [-0.2, 0) is 6.54 Å². The molecule has 0 bridgehead atoms. The first kappa shape index (κ1) is 11.9. The molecule has 0 spiro atoms. The molecule has 2 aromatic heterocycles. The van der Waals surface area contributed by atoms with Gasteiger partial charge in [0.05, 0.1) is 15.7 Å². The number of aromatic nitrogens is 1. The van der Waals surface area contributed by atoms with Crippen LogP contribution in [-0.4, -0.2) is 4.98 Å². The zero-order chi connectivity index (χ0) is 11.5. The standard InChI is InChI=1S/C11H10BrClN2S/c1-7-4-8(5-15-11(7)13)14-6-9-2-3-10(12)16-9/h2-5,14H,6H2,1H3.